The predicted molar refractivity (Wildman–Crippen MR) is 90.0 cm³/mol. The van der Waals surface area contributed by atoms with Crippen LogP contribution in [0.4, 0.5) is 4.39 Å². The zero-order valence-corrected chi connectivity index (χ0v) is 14.4. The number of nitrogens with zero attached hydrogens (tertiary/aromatic N) is 1. The summed E-state index contributed by atoms with van der Waals surface area (Å²) in [6, 6.07) is 8.65. The van der Waals surface area contributed by atoms with Gasteiger partial charge in [-0.25, -0.2) is 17.5 Å². The molecule has 0 bridgehead atoms. The summed E-state index contributed by atoms with van der Waals surface area (Å²) in [6.45, 7) is 0.875. The van der Waals surface area contributed by atoms with Crippen LogP contribution in [0.15, 0.2) is 46.0 Å². The van der Waals surface area contributed by atoms with Crippen LogP contribution >= 0.6 is 11.3 Å². The van der Waals surface area contributed by atoms with E-state index in [-0.39, 0.29) is 11.9 Å². The lowest BCUT2D eigenvalue weighted by molar-refractivity contribution is 0.0711. The fourth-order valence-electron chi connectivity index (χ4n) is 2.70. The smallest absolute Gasteiger partial charge is 0.253 e. The molecule has 1 amide bonds. The Bertz CT molecular complexity index is 814. The SMILES string of the molecule is O=C(c1cccc(F)c1)N1CCC(NS(=O)(=O)c2cccs2)CC1. The largest absolute Gasteiger partial charge is 0.339 e. The molecule has 2 aromatic rings. The van der Waals surface area contributed by atoms with Gasteiger partial charge in [-0.15, -0.1) is 11.3 Å². The summed E-state index contributed by atoms with van der Waals surface area (Å²) in [6.07, 6.45) is 1.07. The number of benzene rings is 1. The Morgan fingerprint density at radius 3 is 2.58 bits per heavy atom. The van der Waals surface area contributed by atoms with E-state index >= 15 is 0 Å². The molecule has 0 saturated carbocycles. The number of thiophene rings is 1. The molecule has 5 nitrogen and oxygen atoms in total. The molecule has 128 valence electrons. The van der Waals surface area contributed by atoms with Crippen molar-refractivity contribution in [2.75, 3.05) is 13.1 Å². The minimum Gasteiger partial charge on any atom is -0.339 e. The van der Waals surface area contributed by atoms with Gasteiger partial charge in [0.05, 0.1) is 0 Å². The van der Waals surface area contributed by atoms with E-state index in [9.17, 15) is 17.6 Å². The quantitative estimate of drug-likeness (QED) is 0.902. The minimum atomic E-state index is -3.50. The highest BCUT2D eigenvalue weighted by Crippen LogP contribution is 2.19. The van der Waals surface area contributed by atoms with E-state index in [1.54, 1.807) is 28.5 Å². The lowest BCUT2D eigenvalue weighted by Gasteiger charge is -2.32. The molecule has 0 unspecified atom stereocenters. The molecule has 0 atom stereocenters. The monoisotopic (exact) mass is 368 g/mol. The Balaban J connectivity index is 1.59. The molecule has 3 rings (SSSR count). The van der Waals surface area contributed by atoms with Gasteiger partial charge < -0.3 is 4.90 Å². The van der Waals surface area contributed by atoms with Crippen LogP contribution in [0.5, 0.6) is 0 Å². The maximum absolute atomic E-state index is 13.2. The first-order chi connectivity index (χ1) is 11.5. The number of sulfonamides is 1. The standard InChI is InChI=1S/C16H17FN2O3S2/c17-13-4-1-3-12(11-13)16(20)19-8-6-14(7-9-19)18-24(21,22)15-5-2-10-23-15/h1-5,10-11,14,18H,6-9H2. The molecule has 1 aliphatic rings. The van der Waals surface area contributed by atoms with Crippen molar-refractivity contribution in [2.45, 2.75) is 23.1 Å². The second kappa shape index (κ2) is 7.00. The lowest BCUT2D eigenvalue weighted by atomic mass is 10.0. The fraction of sp³-hybridized carbons (Fsp3) is 0.312. The summed E-state index contributed by atoms with van der Waals surface area (Å²) >= 11 is 1.17. The highest BCUT2D eigenvalue weighted by atomic mass is 32.2. The average molecular weight is 368 g/mol. The molecule has 8 heteroatoms. The van der Waals surface area contributed by atoms with Crippen LogP contribution in [0.2, 0.25) is 0 Å². The second-order valence-corrected chi connectivity index (χ2v) is 8.52. The third-order valence-electron chi connectivity index (χ3n) is 3.94. The normalized spacial score (nSPS) is 16.3. The number of nitrogens with one attached hydrogen (secondary N) is 1. The summed E-state index contributed by atoms with van der Waals surface area (Å²) in [7, 11) is -3.50. The van der Waals surface area contributed by atoms with Crippen molar-refractivity contribution in [1.82, 2.24) is 9.62 Å². The van der Waals surface area contributed by atoms with Crippen LogP contribution in [0.25, 0.3) is 0 Å². The molecule has 1 fully saturated rings. The van der Waals surface area contributed by atoms with Gasteiger partial charge in [0.25, 0.3) is 5.91 Å². The van der Waals surface area contributed by atoms with Gasteiger partial charge in [-0.05, 0) is 42.5 Å². The summed E-state index contributed by atoms with van der Waals surface area (Å²) in [5.74, 6) is -0.673. The average Bonchev–Trinajstić information content (AvgIpc) is 3.10. The van der Waals surface area contributed by atoms with E-state index in [2.05, 4.69) is 4.72 Å². The second-order valence-electron chi connectivity index (χ2n) is 5.63. The first-order valence-electron chi connectivity index (χ1n) is 7.56. The molecule has 24 heavy (non-hydrogen) atoms. The van der Waals surface area contributed by atoms with Crippen molar-refractivity contribution in [3.8, 4) is 0 Å². The van der Waals surface area contributed by atoms with E-state index in [0.29, 0.717) is 35.7 Å². The molecule has 2 heterocycles. The number of likely N-dealkylation sites (tertiary alicyclic amines) is 1. The van der Waals surface area contributed by atoms with Crippen molar-refractivity contribution in [1.29, 1.82) is 0 Å². The Morgan fingerprint density at radius 1 is 1.21 bits per heavy atom. The van der Waals surface area contributed by atoms with Crippen LogP contribution in [-0.2, 0) is 10.0 Å². The van der Waals surface area contributed by atoms with Gasteiger partial charge in [-0.1, -0.05) is 12.1 Å². The number of hydrogen-bond donors (Lipinski definition) is 1. The van der Waals surface area contributed by atoms with Crippen molar-refractivity contribution in [3.63, 3.8) is 0 Å². The van der Waals surface area contributed by atoms with E-state index < -0.39 is 15.8 Å². The summed E-state index contributed by atoms with van der Waals surface area (Å²) in [5.41, 5.74) is 0.313. The zero-order valence-electron chi connectivity index (χ0n) is 12.8. The van der Waals surface area contributed by atoms with Crippen LogP contribution in [0.3, 0.4) is 0 Å². The Morgan fingerprint density at radius 2 is 1.96 bits per heavy atom. The highest BCUT2D eigenvalue weighted by molar-refractivity contribution is 7.91. The molecule has 0 radical (unpaired) electrons. The molecule has 1 aromatic carbocycles. The number of rotatable bonds is 4. The number of carbonyl (C=O) groups excluding carboxylic acids is 1. The predicted octanol–water partition coefficient (Wildman–Crippen LogP) is 2.47. The molecule has 1 N–H and O–H groups in total. The van der Waals surface area contributed by atoms with Crippen LogP contribution in [0, 0.1) is 5.82 Å². The summed E-state index contributed by atoms with van der Waals surface area (Å²) in [5, 5.41) is 1.72. The number of piperidine rings is 1. The molecule has 1 aromatic heterocycles. The van der Waals surface area contributed by atoms with Crippen LogP contribution in [-0.4, -0.2) is 38.4 Å². The number of amides is 1. The zero-order chi connectivity index (χ0) is 17.2. The number of carbonyl (C=O) groups is 1. The van der Waals surface area contributed by atoms with Crippen molar-refractivity contribution in [3.05, 3.63) is 53.2 Å². The van der Waals surface area contributed by atoms with E-state index in [0.717, 1.165) is 0 Å². The number of hydrogen-bond acceptors (Lipinski definition) is 4. The van der Waals surface area contributed by atoms with E-state index in [4.69, 9.17) is 0 Å². The van der Waals surface area contributed by atoms with Gasteiger partial charge in [-0.3, -0.25) is 4.79 Å². The van der Waals surface area contributed by atoms with E-state index in [1.165, 1.54) is 29.5 Å². The molecule has 1 saturated heterocycles. The summed E-state index contributed by atoms with van der Waals surface area (Å²) in [4.78, 5) is 14.0. The van der Waals surface area contributed by atoms with Gasteiger partial charge in [-0.2, -0.15) is 0 Å². The molecular formula is C16H17FN2O3S2. The Labute approximate surface area is 144 Å². The van der Waals surface area contributed by atoms with Gasteiger partial charge in [0.2, 0.25) is 10.0 Å². The first-order valence-corrected chi connectivity index (χ1v) is 9.93. The van der Waals surface area contributed by atoms with Crippen molar-refractivity contribution in [2.24, 2.45) is 0 Å². The highest BCUT2D eigenvalue weighted by Gasteiger charge is 2.27. The summed E-state index contributed by atoms with van der Waals surface area (Å²) < 4.78 is 40.6. The van der Waals surface area contributed by atoms with Crippen LogP contribution in [0.1, 0.15) is 23.2 Å². The molecular weight excluding hydrogens is 351 g/mol. The van der Waals surface area contributed by atoms with Crippen LogP contribution < -0.4 is 4.72 Å². The van der Waals surface area contributed by atoms with Crippen molar-refractivity contribution < 1.29 is 17.6 Å². The topological polar surface area (TPSA) is 66.5 Å². The van der Waals surface area contributed by atoms with Gasteiger partial charge >= 0.3 is 0 Å². The van der Waals surface area contributed by atoms with Crippen molar-refractivity contribution >= 4 is 27.3 Å². The third kappa shape index (κ3) is 3.82. The first kappa shape index (κ1) is 17.1. The fourth-order valence-corrected chi connectivity index (χ4v) is 5.01. The van der Waals surface area contributed by atoms with Gasteiger partial charge in [0, 0.05) is 24.7 Å². The molecule has 0 spiro atoms. The third-order valence-corrected chi connectivity index (χ3v) is 6.85. The Kier molecular flexibility index (Phi) is 4.98. The molecule has 0 aliphatic carbocycles. The maximum Gasteiger partial charge on any atom is 0.253 e. The van der Waals surface area contributed by atoms with Gasteiger partial charge in [0.1, 0.15) is 10.0 Å². The molecule has 1 aliphatic heterocycles. The van der Waals surface area contributed by atoms with E-state index in [1.807, 2.05) is 0 Å². The number of halogens is 1. The maximum atomic E-state index is 13.2. The Hall–Kier alpha value is -1.77. The lowest BCUT2D eigenvalue weighted by Crippen LogP contribution is -2.46. The minimum absolute atomic E-state index is 0.200. The van der Waals surface area contributed by atoms with Gasteiger partial charge in [0.15, 0.2) is 0 Å².